The summed E-state index contributed by atoms with van der Waals surface area (Å²) in [6.45, 7) is 6.67. The van der Waals surface area contributed by atoms with Gasteiger partial charge in [-0.25, -0.2) is 0 Å². The van der Waals surface area contributed by atoms with E-state index in [9.17, 15) is 14.4 Å². The molecule has 0 aromatic carbocycles. The Bertz CT molecular complexity index is 1410. The van der Waals surface area contributed by atoms with E-state index in [1.807, 2.05) is 0 Å². The maximum Gasteiger partial charge on any atom is 0.306 e. The molecule has 0 spiro atoms. The van der Waals surface area contributed by atoms with Gasteiger partial charge >= 0.3 is 17.9 Å². The molecule has 0 saturated heterocycles. The molecule has 0 aromatic heterocycles. The summed E-state index contributed by atoms with van der Waals surface area (Å²) >= 11 is 0. The SMILES string of the molecule is CCCCCC/C=C\C/C=C\CCCCCCCC(=O)OC(COC(=O)CCCCCCCCCCCCCCCCC)COC(=O)CCCCCCCCCCCCCCCCCCCCCCC/C=C\C/C=C\CCCCCCC. The molecule has 0 radical (unpaired) electrons. The molecule has 0 bridgehead atoms. The molecule has 0 aliphatic rings. The minimum absolute atomic E-state index is 0.0730. The lowest BCUT2D eigenvalue weighted by molar-refractivity contribution is -0.167. The van der Waals surface area contributed by atoms with Gasteiger partial charge < -0.3 is 14.2 Å². The molecular weight excluding hydrogens is 1010 g/mol. The molecule has 82 heavy (non-hydrogen) atoms. The molecule has 6 nitrogen and oxygen atoms in total. The van der Waals surface area contributed by atoms with Crippen LogP contribution in [-0.4, -0.2) is 37.2 Å². The van der Waals surface area contributed by atoms with Crippen molar-refractivity contribution in [2.75, 3.05) is 13.2 Å². The van der Waals surface area contributed by atoms with Gasteiger partial charge in [0.2, 0.25) is 0 Å². The van der Waals surface area contributed by atoms with Gasteiger partial charge in [0.25, 0.3) is 0 Å². The molecule has 1 unspecified atom stereocenters. The number of hydrogen-bond donors (Lipinski definition) is 0. The van der Waals surface area contributed by atoms with Crippen molar-refractivity contribution in [1.29, 1.82) is 0 Å². The summed E-state index contributed by atoms with van der Waals surface area (Å²) in [5.41, 5.74) is 0. The first-order valence-electron chi connectivity index (χ1n) is 36.6. The molecule has 1 atom stereocenters. The van der Waals surface area contributed by atoms with Gasteiger partial charge in [-0.2, -0.15) is 0 Å². The molecule has 0 saturated carbocycles. The second-order valence-electron chi connectivity index (χ2n) is 24.9. The normalized spacial score (nSPS) is 12.3. The summed E-state index contributed by atoms with van der Waals surface area (Å²) in [6.07, 6.45) is 90.1. The Morgan fingerprint density at radius 1 is 0.244 bits per heavy atom. The largest absolute Gasteiger partial charge is 0.462 e. The maximum absolute atomic E-state index is 12.9. The van der Waals surface area contributed by atoms with E-state index in [1.54, 1.807) is 0 Å². The predicted molar refractivity (Wildman–Crippen MR) is 358 cm³/mol. The van der Waals surface area contributed by atoms with Crippen molar-refractivity contribution in [2.24, 2.45) is 0 Å². The zero-order valence-electron chi connectivity index (χ0n) is 55.3. The van der Waals surface area contributed by atoms with Crippen LogP contribution in [0.2, 0.25) is 0 Å². The zero-order chi connectivity index (χ0) is 59.2. The van der Waals surface area contributed by atoms with Crippen molar-refractivity contribution in [3.63, 3.8) is 0 Å². The third-order valence-electron chi connectivity index (χ3n) is 16.6. The van der Waals surface area contributed by atoms with Gasteiger partial charge in [-0.05, 0) is 83.5 Å². The molecule has 0 heterocycles. The van der Waals surface area contributed by atoms with E-state index in [0.29, 0.717) is 19.3 Å². The number of allylic oxidation sites excluding steroid dienone is 8. The smallest absolute Gasteiger partial charge is 0.306 e. The predicted octanol–water partition coefficient (Wildman–Crippen LogP) is 25.3. The quantitative estimate of drug-likeness (QED) is 0.0261. The second kappa shape index (κ2) is 70.9. The number of rotatable bonds is 68. The van der Waals surface area contributed by atoms with E-state index < -0.39 is 6.10 Å². The molecule has 6 heteroatoms. The summed E-state index contributed by atoms with van der Waals surface area (Å²) in [7, 11) is 0. The van der Waals surface area contributed by atoms with E-state index in [-0.39, 0.29) is 31.1 Å². The topological polar surface area (TPSA) is 78.9 Å². The van der Waals surface area contributed by atoms with E-state index in [1.165, 1.54) is 270 Å². The third kappa shape index (κ3) is 68.2. The molecule has 0 N–H and O–H groups in total. The molecule has 0 aliphatic heterocycles. The van der Waals surface area contributed by atoms with Crippen LogP contribution in [0.25, 0.3) is 0 Å². The Balaban J connectivity index is 4.14. The van der Waals surface area contributed by atoms with Gasteiger partial charge in [0.05, 0.1) is 0 Å². The first kappa shape index (κ1) is 79.4. The molecule has 0 aromatic rings. The number of unbranched alkanes of at least 4 members (excludes halogenated alkanes) is 49. The number of esters is 3. The fourth-order valence-corrected chi connectivity index (χ4v) is 11.0. The Kier molecular flexibility index (Phi) is 68.6. The molecular formula is C76H140O6. The third-order valence-corrected chi connectivity index (χ3v) is 16.6. The van der Waals surface area contributed by atoms with E-state index in [4.69, 9.17) is 14.2 Å². The van der Waals surface area contributed by atoms with E-state index >= 15 is 0 Å². The Hall–Kier alpha value is -2.63. The maximum atomic E-state index is 12.9. The fraction of sp³-hybridized carbons (Fsp3) is 0.855. The van der Waals surface area contributed by atoms with Gasteiger partial charge in [-0.3, -0.25) is 14.4 Å². The lowest BCUT2D eigenvalue weighted by Gasteiger charge is -2.18. The van der Waals surface area contributed by atoms with Crippen LogP contribution >= 0.6 is 0 Å². The number of carbonyl (C=O) groups is 3. The van der Waals surface area contributed by atoms with Crippen LogP contribution in [-0.2, 0) is 28.6 Å². The van der Waals surface area contributed by atoms with Gasteiger partial charge in [-0.1, -0.05) is 345 Å². The number of carbonyl (C=O) groups excluding carboxylic acids is 3. The Morgan fingerprint density at radius 3 is 0.683 bits per heavy atom. The number of ether oxygens (including phenoxy) is 3. The average Bonchev–Trinajstić information content (AvgIpc) is 3.47. The van der Waals surface area contributed by atoms with Crippen LogP contribution in [0.1, 0.15) is 400 Å². The second-order valence-corrected chi connectivity index (χ2v) is 24.9. The molecule has 0 fully saturated rings. The summed E-state index contributed by atoms with van der Waals surface area (Å²) < 4.78 is 17.0. The van der Waals surface area contributed by atoms with Crippen LogP contribution in [0, 0.1) is 0 Å². The Labute approximate surface area is 511 Å². The van der Waals surface area contributed by atoms with Gasteiger partial charge in [-0.15, -0.1) is 0 Å². The minimum Gasteiger partial charge on any atom is -0.462 e. The van der Waals surface area contributed by atoms with Crippen LogP contribution in [0.4, 0.5) is 0 Å². The summed E-state index contributed by atoms with van der Waals surface area (Å²) in [5, 5.41) is 0. The van der Waals surface area contributed by atoms with Crippen molar-refractivity contribution in [3.8, 4) is 0 Å². The monoisotopic (exact) mass is 1150 g/mol. The van der Waals surface area contributed by atoms with Crippen molar-refractivity contribution in [2.45, 2.75) is 406 Å². The summed E-state index contributed by atoms with van der Waals surface area (Å²) in [4.78, 5) is 38.4. The minimum atomic E-state index is -0.778. The highest BCUT2D eigenvalue weighted by Gasteiger charge is 2.19. The van der Waals surface area contributed by atoms with Crippen molar-refractivity contribution < 1.29 is 28.6 Å². The van der Waals surface area contributed by atoms with Crippen LogP contribution in [0.3, 0.4) is 0 Å². The van der Waals surface area contributed by atoms with Crippen LogP contribution in [0.15, 0.2) is 48.6 Å². The highest BCUT2D eigenvalue weighted by Crippen LogP contribution is 2.18. The highest BCUT2D eigenvalue weighted by molar-refractivity contribution is 5.71. The average molecular weight is 1150 g/mol. The van der Waals surface area contributed by atoms with Crippen molar-refractivity contribution in [3.05, 3.63) is 48.6 Å². The van der Waals surface area contributed by atoms with Gasteiger partial charge in [0, 0.05) is 19.3 Å². The molecule has 0 amide bonds. The van der Waals surface area contributed by atoms with Crippen molar-refractivity contribution in [1.82, 2.24) is 0 Å². The van der Waals surface area contributed by atoms with Crippen molar-refractivity contribution >= 4 is 17.9 Å². The Morgan fingerprint density at radius 2 is 0.439 bits per heavy atom. The van der Waals surface area contributed by atoms with Gasteiger partial charge in [0.15, 0.2) is 6.10 Å². The molecule has 0 aliphatic carbocycles. The first-order valence-corrected chi connectivity index (χ1v) is 36.6. The summed E-state index contributed by atoms with van der Waals surface area (Å²) in [5.74, 6) is -0.858. The standard InChI is InChI=1S/C76H140O6/c1-4-7-10-13-16-19-22-25-28-30-31-32-33-34-35-36-37-38-39-40-41-42-43-44-45-46-49-51-54-57-60-63-66-69-75(78)81-72-73(71-80-74(77)68-65-62-59-56-53-50-47-27-24-21-18-15-12-9-6-3)82-76(79)70-67-64-61-58-55-52-48-29-26-23-20-17-14-11-8-5-2/h20,22-23,25,29-31,48,73H,4-19,21,24,26-28,32-47,49-72H2,1-3H3/b23-20-,25-22-,31-30-,48-29-. The lowest BCUT2D eigenvalue weighted by atomic mass is 10.0. The van der Waals surface area contributed by atoms with E-state index in [2.05, 4.69) is 69.4 Å². The van der Waals surface area contributed by atoms with E-state index in [0.717, 1.165) is 89.9 Å². The molecule has 480 valence electrons. The summed E-state index contributed by atoms with van der Waals surface area (Å²) in [6, 6.07) is 0. The van der Waals surface area contributed by atoms with Gasteiger partial charge in [0.1, 0.15) is 13.2 Å². The fourth-order valence-electron chi connectivity index (χ4n) is 11.0. The lowest BCUT2D eigenvalue weighted by Crippen LogP contribution is -2.30. The van der Waals surface area contributed by atoms with Crippen LogP contribution in [0.5, 0.6) is 0 Å². The molecule has 0 rings (SSSR count). The zero-order valence-corrected chi connectivity index (χ0v) is 55.3. The number of hydrogen-bond acceptors (Lipinski definition) is 6. The highest BCUT2D eigenvalue weighted by atomic mass is 16.6. The van der Waals surface area contributed by atoms with Crippen LogP contribution < -0.4 is 0 Å². The first-order chi connectivity index (χ1) is 40.5.